The molecular formula is C16H21NO2S. The molecule has 1 fully saturated rings. The van der Waals surface area contributed by atoms with E-state index in [0.29, 0.717) is 12.5 Å². The van der Waals surface area contributed by atoms with Crippen LogP contribution >= 0.6 is 11.3 Å². The monoisotopic (exact) mass is 291 g/mol. The lowest BCUT2D eigenvalue weighted by molar-refractivity contribution is -0.127. The number of hydrogen-bond acceptors (Lipinski definition) is 3. The molecule has 0 unspecified atom stereocenters. The van der Waals surface area contributed by atoms with E-state index in [1.165, 1.54) is 0 Å². The van der Waals surface area contributed by atoms with Crippen molar-refractivity contribution >= 4 is 23.3 Å². The molecule has 1 aromatic rings. The zero-order valence-electron chi connectivity index (χ0n) is 11.7. The molecule has 0 atom stereocenters. The maximum atomic E-state index is 12.1. The van der Waals surface area contributed by atoms with E-state index < -0.39 is 0 Å². The minimum atomic E-state index is 0.115. The molecule has 0 saturated carbocycles. The summed E-state index contributed by atoms with van der Waals surface area (Å²) in [6.45, 7) is 6.68. The highest BCUT2D eigenvalue weighted by atomic mass is 32.1. The normalized spacial score (nSPS) is 16.7. The van der Waals surface area contributed by atoms with Crippen molar-refractivity contribution in [2.45, 2.75) is 12.8 Å². The van der Waals surface area contributed by atoms with Crippen LogP contribution in [0.3, 0.4) is 0 Å². The predicted octanol–water partition coefficient (Wildman–Crippen LogP) is 3.20. The molecule has 0 aromatic carbocycles. The van der Waals surface area contributed by atoms with Gasteiger partial charge < -0.3 is 9.64 Å². The highest BCUT2D eigenvalue weighted by Gasteiger charge is 2.21. The summed E-state index contributed by atoms with van der Waals surface area (Å²) in [5, 5.41) is 2.01. The van der Waals surface area contributed by atoms with Gasteiger partial charge in [0, 0.05) is 30.6 Å². The van der Waals surface area contributed by atoms with E-state index in [9.17, 15) is 4.79 Å². The Morgan fingerprint density at radius 3 is 2.95 bits per heavy atom. The molecule has 0 spiro atoms. The molecule has 0 radical (unpaired) electrons. The summed E-state index contributed by atoms with van der Waals surface area (Å²) in [5.74, 6) is 0.684. The maximum Gasteiger partial charge on any atom is 0.246 e. The lowest BCUT2D eigenvalue weighted by Gasteiger charge is -2.31. The van der Waals surface area contributed by atoms with Crippen molar-refractivity contribution < 1.29 is 9.53 Å². The van der Waals surface area contributed by atoms with Crippen molar-refractivity contribution in [3.05, 3.63) is 41.1 Å². The number of thiophene rings is 1. The summed E-state index contributed by atoms with van der Waals surface area (Å²) in [7, 11) is 0. The fourth-order valence-corrected chi connectivity index (χ4v) is 2.90. The molecule has 1 aromatic heterocycles. The van der Waals surface area contributed by atoms with E-state index in [4.69, 9.17) is 4.74 Å². The van der Waals surface area contributed by atoms with Gasteiger partial charge in [-0.15, -0.1) is 17.9 Å². The number of likely N-dealkylation sites (tertiary alicyclic amines) is 1. The third kappa shape index (κ3) is 4.62. The van der Waals surface area contributed by atoms with Crippen molar-refractivity contribution in [2.75, 3.05) is 26.3 Å². The van der Waals surface area contributed by atoms with Gasteiger partial charge in [-0.25, -0.2) is 0 Å². The molecule has 4 heteroatoms. The molecular weight excluding hydrogens is 270 g/mol. The molecule has 2 rings (SSSR count). The summed E-state index contributed by atoms with van der Waals surface area (Å²) in [5.41, 5.74) is 0. The van der Waals surface area contributed by atoms with Crippen LogP contribution in [0.4, 0.5) is 0 Å². The molecule has 1 aliphatic heterocycles. The van der Waals surface area contributed by atoms with Crippen molar-refractivity contribution in [2.24, 2.45) is 5.92 Å². The van der Waals surface area contributed by atoms with E-state index in [-0.39, 0.29) is 5.91 Å². The first-order valence-corrected chi connectivity index (χ1v) is 7.86. The number of amides is 1. The van der Waals surface area contributed by atoms with Gasteiger partial charge in [-0.1, -0.05) is 12.1 Å². The molecule has 0 aliphatic carbocycles. The second-order valence-corrected chi connectivity index (χ2v) is 5.92. The third-order valence-corrected chi connectivity index (χ3v) is 4.29. The molecule has 108 valence electrons. The van der Waals surface area contributed by atoms with Crippen molar-refractivity contribution in [1.29, 1.82) is 0 Å². The van der Waals surface area contributed by atoms with Crippen molar-refractivity contribution in [3.8, 4) is 0 Å². The van der Waals surface area contributed by atoms with E-state index in [2.05, 4.69) is 6.58 Å². The highest BCUT2D eigenvalue weighted by Crippen LogP contribution is 2.18. The predicted molar refractivity (Wildman–Crippen MR) is 83.7 cm³/mol. The summed E-state index contributed by atoms with van der Waals surface area (Å²) in [6.07, 6.45) is 7.39. The van der Waals surface area contributed by atoms with Crippen LogP contribution < -0.4 is 0 Å². The van der Waals surface area contributed by atoms with Gasteiger partial charge in [0.1, 0.15) is 0 Å². The number of carbonyl (C=O) groups excluding carboxylic acids is 1. The SMILES string of the molecule is C=CCOCC1CCN(C(=O)/C=C/c2cccs2)CC1. The minimum Gasteiger partial charge on any atom is -0.377 e. The van der Waals surface area contributed by atoms with Gasteiger partial charge in [0.25, 0.3) is 0 Å². The third-order valence-electron chi connectivity index (χ3n) is 3.45. The highest BCUT2D eigenvalue weighted by molar-refractivity contribution is 7.10. The smallest absolute Gasteiger partial charge is 0.246 e. The fraction of sp³-hybridized carbons (Fsp3) is 0.438. The largest absolute Gasteiger partial charge is 0.377 e. The average molecular weight is 291 g/mol. The summed E-state index contributed by atoms with van der Waals surface area (Å²) >= 11 is 1.64. The van der Waals surface area contributed by atoms with Gasteiger partial charge in [0.05, 0.1) is 6.61 Å². The van der Waals surface area contributed by atoms with Crippen LogP contribution in [0.5, 0.6) is 0 Å². The Labute approximate surface area is 124 Å². The van der Waals surface area contributed by atoms with Crippen LogP contribution in [0, 0.1) is 5.92 Å². The second kappa shape index (κ2) is 8.02. The second-order valence-electron chi connectivity index (χ2n) is 4.94. The Morgan fingerprint density at radius 2 is 2.30 bits per heavy atom. The Kier molecular flexibility index (Phi) is 6.02. The van der Waals surface area contributed by atoms with E-state index in [0.717, 1.165) is 37.4 Å². The first kappa shape index (κ1) is 15.0. The zero-order chi connectivity index (χ0) is 14.2. The van der Waals surface area contributed by atoms with Crippen LogP contribution in [0.1, 0.15) is 17.7 Å². The fourth-order valence-electron chi connectivity index (χ4n) is 2.28. The van der Waals surface area contributed by atoms with Gasteiger partial charge in [-0.2, -0.15) is 0 Å². The standard InChI is InChI=1S/C16H21NO2S/c1-2-11-19-13-14-7-9-17(10-8-14)16(18)6-5-15-4-3-12-20-15/h2-6,12,14H,1,7-11,13H2/b6-5+. The van der Waals surface area contributed by atoms with Crippen LogP contribution in [0.2, 0.25) is 0 Å². The first-order valence-electron chi connectivity index (χ1n) is 6.98. The topological polar surface area (TPSA) is 29.5 Å². The molecule has 1 amide bonds. The van der Waals surface area contributed by atoms with E-state index in [1.807, 2.05) is 28.5 Å². The average Bonchev–Trinajstić information content (AvgIpc) is 2.99. The summed E-state index contributed by atoms with van der Waals surface area (Å²) in [4.78, 5) is 15.1. The van der Waals surface area contributed by atoms with Gasteiger partial charge in [0.2, 0.25) is 5.91 Å². The molecule has 20 heavy (non-hydrogen) atoms. The number of hydrogen-bond donors (Lipinski definition) is 0. The summed E-state index contributed by atoms with van der Waals surface area (Å²) < 4.78 is 5.48. The molecule has 0 N–H and O–H groups in total. The number of piperidine rings is 1. The van der Waals surface area contributed by atoms with Gasteiger partial charge in [0.15, 0.2) is 0 Å². The lowest BCUT2D eigenvalue weighted by atomic mass is 9.98. The number of nitrogens with zero attached hydrogens (tertiary/aromatic N) is 1. The quantitative estimate of drug-likeness (QED) is 0.457. The minimum absolute atomic E-state index is 0.115. The number of carbonyl (C=O) groups is 1. The van der Waals surface area contributed by atoms with E-state index in [1.54, 1.807) is 23.5 Å². The van der Waals surface area contributed by atoms with Crippen molar-refractivity contribution in [3.63, 3.8) is 0 Å². The van der Waals surface area contributed by atoms with Crippen molar-refractivity contribution in [1.82, 2.24) is 4.90 Å². The lowest BCUT2D eigenvalue weighted by Crippen LogP contribution is -2.38. The zero-order valence-corrected chi connectivity index (χ0v) is 12.5. The molecule has 1 saturated heterocycles. The van der Waals surface area contributed by atoms with Gasteiger partial charge >= 0.3 is 0 Å². The number of rotatable bonds is 6. The van der Waals surface area contributed by atoms with Crippen LogP contribution in [-0.4, -0.2) is 37.1 Å². The molecule has 3 nitrogen and oxygen atoms in total. The van der Waals surface area contributed by atoms with Gasteiger partial charge in [-0.3, -0.25) is 4.79 Å². The molecule has 2 heterocycles. The molecule has 1 aliphatic rings. The molecule has 0 bridgehead atoms. The van der Waals surface area contributed by atoms with Crippen LogP contribution in [-0.2, 0) is 9.53 Å². The Morgan fingerprint density at radius 1 is 1.50 bits per heavy atom. The Bertz CT molecular complexity index is 445. The maximum absolute atomic E-state index is 12.1. The number of ether oxygens (including phenoxy) is 1. The summed E-state index contributed by atoms with van der Waals surface area (Å²) in [6, 6.07) is 4.00. The Hall–Kier alpha value is -1.39. The van der Waals surface area contributed by atoms with Gasteiger partial charge in [-0.05, 0) is 36.3 Å². The van der Waals surface area contributed by atoms with E-state index >= 15 is 0 Å². The Balaban J connectivity index is 1.73. The van der Waals surface area contributed by atoms with Crippen LogP contribution in [0.25, 0.3) is 6.08 Å². The first-order chi connectivity index (χ1) is 9.79. The van der Waals surface area contributed by atoms with Crippen LogP contribution in [0.15, 0.2) is 36.2 Å².